The van der Waals surface area contributed by atoms with E-state index in [1.807, 2.05) is 43.0 Å². The number of amides is 1. The van der Waals surface area contributed by atoms with E-state index in [0.717, 1.165) is 47.1 Å². The van der Waals surface area contributed by atoms with Crippen molar-refractivity contribution in [2.24, 2.45) is 0 Å². The summed E-state index contributed by atoms with van der Waals surface area (Å²) in [5.74, 6) is 0.0919. The van der Waals surface area contributed by atoms with Gasteiger partial charge in [-0.15, -0.1) is 0 Å². The molecule has 0 bridgehead atoms. The number of aromatic amines is 1. The van der Waals surface area contributed by atoms with Gasteiger partial charge in [0.2, 0.25) is 0 Å². The van der Waals surface area contributed by atoms with Crippen LogP contribution in [0.4, 0.5) is 0 Å². The Morgan fingerprint density at radius 3 is 2.96 bits per heavy atom. The molecule has 4 rings (SSSR count). The van der Waals surface area contributed by atoms with E-state index in [0.29, 0.717) is 0 Å². The summed E-state index contributed by atoms with van der Waals surface area (Å²) >= 11 is 0. The number of carbonyl (C=O) groups excluding carboxylic acids is 1. The molecule has 24 heavy (non-hydrogen) atoms. The first kappa shape index (κ1) is 14.9. The lowest BCUT2D eigenvalue weighted by Crippen LogP contribution is -2.31. The average molecular weight is 320 g/mol. The second kappa shape index (κ2) is 5.74. The highest BCUT2D eigenvalue weighted by Crippen LogP contribution is 2.36. The van der Waals surface area contributed by atoms with E-state index in [4.69, 9.17) is 0 Å². The largest absolute Gasteiger partial charge is 0.331 e. The van der Waals surface area contributed by atoms with Crippen LogP contribution in [0.2, 0.25) is 0 Å². The van der Waals surface area contributed by atoms with Gasteiger partial charge < -0.3 is 4.90 Å². The fourth-order valence-corrected chi connectivity index (χ4v) is 3.82. The summed E-state index contributed by atoms with van der Waals surface area (Å²) < 4.78 is 0. The topological polar surface area (TPSA) is 61.9 Å². The fourth-order valence-electron chi connectivity index (χ4n) is 3.82. The molecule has 1 amide bonds. The summed E-state index contributed by atoms with van der Waals surface area (Å²) in [6.07, 6.45) is 5.55. The number of rotatable bonds is 2. The summed E-state index contributed by atoms with van der Waals surface area (Å²) in [6.45, 7) is 4.82. The van der Waals surface area contributed by atoms with Crippen molar-refractivity contribution in [3.63, 3.8) is 0 Å². The summed E-state index contributed by atoms with van der Waals surface area (Å²) in [5, 5.41) is 9.31. The molecule has 5 nitrogen and oxygen atoms in total. The number of likely N-dealkylation sites (tertiary alicyclic amines) is 1. The van der Waals surface area contributed by atoms with Crippen molar-refractivity contribution in [2.45, 2.75) is 32.7 Å². The number of benzene rings is 1. The highest BCUT2D eigenvalue weighted by Gasteiger charge is 2.33. The van der Waals surface area contributed by atoms with Gasteiger partial charge in [-0.1, -0.05) is 12.1 Å². The molecule has 0 radical (unpaired) electrons. The molecule has 5 heteroatoms. The van der Waals surface area contributed by atoms with Crippen LogP contribution in [0.3, 0.4) is 0 Å². The number of carbonyl (C=O) groups is 1. The Kier molecular flexibility index (Phi) is 3.56. The summed E-state index contributed by atoms with van der Waals surface area (Å²) in [4.78, 5) is 19.4. The van der Waals surface area contributed by atoms with Gasteiger partial charge in [-0.05, 0) is 44.2 Å². The average Bonchev–Trinajstić information content (AvgIpc) is 3.20. The van der Waals surface area contributed by atoms with Gasteiger partial charge in [0, 0.05) is 41.1 Å². The molecule has 1 aromatic carbocycles. The number of hydrogen-bond donors (Lipinski definition) is 1. The molecule has 1 saturated heterocycles. The molecule has 0 saturated carbocycles. The Morgan fingerprint density at radius 2 is 2.17 bits per heavy atom. The Balaban J connectivity index is 1.76. The van der Waals surface area contributed by atoms with Crippen LogP contribution in [-0.4, -0.2) is 32.5 Å². The van der Waals surface area contributed by atoms with E-state index in [2.05, 4.69) is 15.2 Å². The molecule has 3 aromatic rings. The van der Waals surface area contributed by atoms with E-state index >= 15 is 0 Å². The van der Waals surface area contributed by atoms with E-state index in [1.54, 1.807) is 12.4 Å². The lowest BCUT2D eigenvalue weighted by atomic mass is 10.0. The molecule has 1 atom stereocenters. The van der Waals surface area contributed by atoms with E-state index in [-0.39, 0.29) is 11.9 Å². The number of aryl methyl sites for hydroxylation is 2. The van der Waals surface area contributed by atoms with Crippen molar-refractivity contribution >= 4 is 16.7 Å². The van der Waals surface area contributed by atoms with Crippen molar-refractivity contribution in [3.05, 3.63) is 59.2 Å². The molecular weight excluding hydrogens is 300 g/mol. The molecule has 122 valence electrons. The predicted octanol–water partition coefficient (Wildman–Crippen LogP) is 3.55. The van der Waals surface area contributed by atoms with E-state index in [9.17, 15) is 4.79 Å². The quantitative estimate of drug-likeness (QED) is 0.785. The maximum absolute atomic E-state index is 13.3. The third-order valence-corrected chi connectivity index (χ3v) is 4.94. The lowest BCUT2D eigenvalue weighted by molar-refractivity contribution is 0.0737. The number of nitrogens with one attached hydrogen (secondary N) is 1. The summed E-state index contributed by atoms with van der Waals surface area (Å²) in [7, 11) is 0. The zero-order chi connectivity index (χ0) is 16.7. The Morgan fingerprint density at radius 1 is 1.29 bits per heavy atom. The van der Waals surface area contributed by atoms with Crippen molar-refractivity contribution in [3.8, 4) is 0 Å². The Labute approximate surface area is 140 Å². The van der Waals surface area contributed by atoms with Gasteiger partial charge in [-0.3, -0.25) is 14.9 Å². The monoisotopic (exact) mass is 320 g/mol. The fraction of sp³-hybridized carbons (Fsp3) is 0.316. The molecule has 1 unspecified atom stereocenters. The van der Waals surface area contributed by atoms with Crippen molar-refractivity contribution in [2.75, 3.05) is 6.54 Å². The Bertz CT molecular complexity index is 890. The SMILES string of the molecule is Cc1n[nH]c(C)c1C1CCCN1C(=O)c1cccc2cnccc12. The van der Waals surface area contributed by atoms with Gasteiger partial charge in [0.15, 0.2) is 0 Å². The second-order valence-electron chi connectivity index (χ2n) is 6.41. The number of fused-ring (bicyclic) bond motifs is 1. The maximum Gasteiger partial charge on any atom is 0.255 e. The second-order valence-corrected chi connectivity index (χ2v) is 6.41. The highest BCUT2D eigenvalue weighted by atomic mass is 16.2. The van der Waals surface area contributed by atoms with Crippen LogP contribution in [0, 0.1) is 13.8 Å². The zero-order valence-corrected chi connectivity index (χ0v) is 13.9. The molecule has 2 aromatic heterocycles. The van der Waals surface area contributed by atoms with Gasteiger partial charge in [0.1, 0.15) is 0 Å². The van der Waals surface area contributed by atoms with Gasteiger partial charge in [-0.25, -0.2) is 0 Å². The van der Waals surface area contributed by atoms with Gasteiger partial charge in [0.05, 0.1) is 11.7 Å². The predicted molar refractivity (Wildman–Crippen MR) is 92.8 cm³/mol. The summed E-state index contributed by atoms with van der Waals surface area (Å²) in [5.41, 5.74) is 3.96. The van der Waals surface area contributed by atoms with Crippen molar-refractivity contribution in [1.82, 2.24) is 20.1 Å². The number of H-pyrrole nitrogens is 1. The smallest absolute Gasteiger partial charge is 0.255 e. The number of nitrogens with zero attached hydrogens (tertiary/aromatic N) is 3. The maximum atomic E-state index is 13.3. The van der Waals surface area contributed by atoms with E-state index in [1.165, 1.54) is 5.56 Å². The number of aromatic nitrogens is 3. The minimum Gasteiger partial charge on any atom is -0.331 e. The zero-order valence-electron chi connectivity index (χ0n) is 13.9. The van der Waals surface area contributed by atoms with Crippen LogP contribution >= 0.6 is 0 Å². The van der Waals surface area contributed by atoms with Gasteiger partial charge >= 0.3 is 0 Å². The highest BCUT2D eigenvalue weighted by molar-refractivity contribution is 6.07. The van der Waals surface area contributed by atoms with Crippen LogP contribution in [0.5, 0.6) is 0 Å². The molecule has 1 aliphatic rings. The van der Waals surface area contributed by atoms with Crippen LogP contribution in [0.15, 0.2) is 36.7 Å². The summed E-state index contributed by atoms with van der Waals surface area (Å²) in [6, 6.07) is 7.85. The minimum absolute atomic E-state index is 0.0919. The van der Waals surface area contributed by atoms with Gasteiger partial charge in [-0.2, -0.15) is 5.10 Å². The van der Waals surface area contributed by atoms with Crippen molar-refractivity contribution < 1.29 is 4.79 Å². The lowest BCUT2D eigenvalue weighted by Gasteiger charge is -2.26. The molecule has 3 heterocycles. The first-order valence-electron chi connectivity index (χ1n) is 8.32. The molecule has 1 N–H and O–H groups in total. The van der Waals surface area contributed by atoms with Crippen LogP contribution in [0.1, 0.15) is 46.2 Å². The molecule has 0 aliphatic carbocycles. The van der Waals surface area contributed by atoms with Crippen LogP contribution in [-0.2, 0) is 0 Å². The minimum atomic E-state index is 0.0919. The third-order valence-electron chi connectivity index (χ3n) is 4.94. The first-order chi connectivity index (χ1) is 11.7. The van der Waals surface area contributed by atoms with Crippen LogP contribution in [0.25, 0.3) is 10.8 Å². The molecule has 0 spiro atoms. The number of pyridine rings is 1. The van der Waals surface area contributed by atoms with Gasteiger partial charge in [0.25, 0.3) is 5.91 Å². The third kappa shape index (κ3) is 2.28. The van der Waals surface area contributed by atoms with Crippen LogP contribution < -0.4 is 0 Å². The normalized spacial score (nSPS) is 17.6. The number of hydrogen-bond acceptors (Lipinski definition) is 3. The Hall–Kier alpha value is -2.69. The van der Waals surface area contributed by atoms with Crippen molar-refractivity contribution in [1.29, 1.82) is 0 Å². The van der Waals surface area contributed by atoms with E-state index < -0.39 is 0 Å². The molecular formula is C19H20N4O. The standard InChI is InChI=1S/C19H20N4O/c1-12-18(13(2)22-21-12)17-7-4-10-23(17)19(24)16-6-3-5-14-11-20-9-8-15(14)16/h3,5-6,8-9,11,17H,4,7,10H2,1-2H3,(H,21,22). The molecule has 1 fully saturated rings. The first-order valence-corrected chi connectivity index (χ1v) is 8.32. The molecule has 1 aliphatic heterocycles.